The van der Waals surface area contributed by atoms with Crippen molar-refractivity contribution >= 4 is 6.09 Å². The average Bonchev–Trinajstić information content (AvgIpc) is 2.74. The zero-order valence-electron chi connectivity index (χ0n) is 12.0. The first-order valence-corrected chi connectivity index (χ1v) is 6.33. The Kier molecular flexibility index (Phi) is 5.78. The summed E-state index contributed by atoms with van der Waals surface area (Å²) in [6.45, 7) is 6.12. The number of nitrogens with zero attached hydrogens (tertiary/aromatic N) is 1. The van der Waals surface area contributed by atoms with E-state index in [0.29, 0.717) is 24.7 Å². The van der Waals surface area contributed by atoms with Crippen molar-refractivity contribution in [3.63, 3.8) is 0 Å². The van der Waals surface area contributed by atoms with E-state index in [-0.39, 0.29) is 6.10 Å². The van der Waals surface area contributed by atoms with Crippen LogP contribution in [0.5, 0.6) is 0 Å². The Labute approximate surface area is 113 Å². The first-order chi connectivity index (χ1) is 8.85. The highest BCUT2D eigenvalue weighted by atomic mass is 16.6. The van der Waals surface area contributed by atoms with Crippen molar-refractivity contribution in [1.29, 1.82) is 0 Å². The van der Waals surface area contributed by atoms with E-state index in [1.54, 1.807) is 27.9 Å². The van der Waals surface area contributed by atoms with Crippen molar-refractivity contribution in [1.82, 2.24) is 5.06 Å². The Morgan fingerprint density at radius 2 is 2.11 bits per heavy atom. The van der Waals surface area contributed by atoms with E-state index in [4.69, 9.17) is 14.2 Å². The minimum Gasteiger partial charge on any atom is -0.442 e. The van der Waals surface area contributed by atoms with Crippen LogP contribution in [0.25, 0.3) is 0 Å². The van der Waals surface area contributed by atoms with Gasteiger partial charge in [0.25, 0.3) is 0 Å². The maximum atomic E-state index is 11.8. The molecule has 1 N–H and O–H groups in total. The van der Waals surface area contributed by atoms with Crippen molar-refractivity contribution in [2.24, 2.45) is 0 Å². The van der Waals surface area contributed by atoms with E-state index in [1.807, 2.05) is 12.2 Å². The fourth-order valence-electron chi connectivity index (χ4n) is 1.73. The molecule has 1 aliphatic rings. The van der Waals surface area contributed by atoms with Crippen LogP contribution < -0.4 is 0 Å². The summed E-state index contributed by atoms with van der Waals surface area (Å²) in [7, 11) is 1.59. The molecule has 1 amide bonds. The topological polar surface area (TPSA) is 68.2 Å². The fraction of sp³-hybridized carbons (Fsp3) is 0.769. The van der Waals surface area contributed by atoms with Crippen molar-refractivity contribution in [3.8, 4) is 0 Å². The predicted octanol–water partition coefficient (Wildman–Crippen LogP) is 1.97. The van der Waals surface area contributed by atoms with Crippen molar-refractivity contribution in [2.45, 2.75) is 44.9 Å². The molecule has 0 unspecified atom stereocenters. The SMILES string of the molecule is COCCO[C@@H]1C=CC[C@@H]1N(O)C(=O)OC(C)(C)C. The van der Waals surface area contributed by atoms with Gasteiger partial charge in [0.15, 0.2) is 0 Å². The second-order valence-corrected chi connectivity index (χ2v) is 5.38. The van der Waals surface area contributed by atoms with Crippen LogP contribution in [0.4, 0.5) is 4.79 Å². The smallest absolute Gasteiger partial charge is 0.434 e. The molecule has 0 saturated carbocycles. The fourth-order valence-corrected chi connectivity index (χ4v) is 1.73. The summed E-state index contributed by atoms with van der Waals surface area (Å²) in [4.78, 5) is 11.8. The second kappa shape index (κ2) is 6.88. The number of methoxy groups -OCH3 is 1. The third-order valence-electron chi connectivity index (χ3n) is 2.58. The standard InChI is InChI=1S/C13H23NO5/c1-13(2,3)19-12(15)14(16)10-6-5-7-11(10)18-9-8-17-4/h5,7,10-11,16H,6,8-9H2,1-4H3/t10-,11+/m0/s1. The number of carbonyl (C=O) groups is 1. The maximum absolute atomic E-state index is 11.8. The van der Waals surface area contributed by atoms with E-state index in [0.717, 1.165) is 0 Å². The van der Waals surface area contributed by atoms with Crippen LogP contribution in [-0.4, -0.2) is 54.4 Å². The minimum absolute atomic E-state index is 0.340. The molecule has 1 aliphatic carbocycles. The molecule has 2 atom stereocenters. The quantitative estimate of drug-likeness (QED) is 0.359. The number of ether oxygens (including phenoxy) is 3. The average molecular weight is 273 g/mol. The van der Waals surface area contributed by atoms with Crippen LogP contribution in [-0.2, 0) is 14.2 Å². The van der Waals surface area contributed by atoms with Crippen LogP contribution in [0, 0.1) is 0 Å². The lowest BCUT2D eigenvalue weighted by Gasteiger charge is -2.29. The van der Waals surface area contributed by atoms with E-state index in [2.05, 4.69) is 0 Å². The molecule has 0 radical (unpaired) electrons. The molecule has 0 bridgehead atoms. The number of hydroxylamine groups is 2. The van der Waals surface area contributed by atoms with Gasteiger partial charge in [0.1, 0.15) is 5.60 Å². The van der Waals surface area contributed by atoms with Gasteiger partial charge in [0.2, 0.25) is 0 Å². The highest BCUT2D eigenvalue weighted by Crippen LogP contribution is 2.21. The lowest BCUT2D eigenvalue weighted by molar-refractivity contribution is -0.143. The molecule has 0 heterocycles. The van der Waals surface area contributed by atoms with Gasteiger partial charge in [0, 0.05) is 7.11 Å². The van der Waals surface area contributed by atoms with E-state index < -0.39 is 17.7 Å². The molecule has 0 aromatic carbocycles. The Balaban J connectivity index is 2.51. The van der Waals surface area contributed by atoms with Crippen molar-refractivity contribution in [3.05, 3.63) is 12.2 Å². The summed E-state index contributed by atoms with van der Waals surface area (Å²) in [6.07, 6.45) is 3.13. The molecule has 110 valence electrons. The highest BCUT2D eigenvalue weighted by molar-refractivity contribution is 5.67. The lowest BCUT2D eigenvalue weighted by atomic mass is 10.2. The zero-order chi connectivity index (χ0) is 14.5. The summed E-state index contributed by atoms with van der Waals surface area (Å²) in [5.74, 6) is 0. The van der Waals surface area contributed by atoms with Crippen LogP contribution in [0.3, 0.4) is 0 Å². The number of carbonyl (C=O) groups excluding carboxylic acids is 1. The monoisotopic (exact) mass is 273 g/mol. The van der Waals surface area contributed by atoms with Gasteiger partial charge in [-0.05, 0) is 27.2 Å². The Hall–Kier alpha value is -1.11. The summed E-state index contributed by atoms with van der Waals surface area (Å²) in [6, 6.07) is -0.452. The summed E-state index contributed by atoms with van der Waals surface area (Å²) in [5, 5.41) is 10.5. The third kappa shape index (κ3) is 5.18. The molecule has 0 aromatic rings. The Morgan fingerprint density at radius 1 is 1.42 bits per heavy atom. The molecule has 0 aliphatic heterocycles. The van der Waals surface area contributed by atoms with Crippen molar-refractivity contribution < 1.29 is 24.2 Å². The van der Waals surface area contributed by atoms with Crippen LogP contribution in [0.1, 0.15) is 27.2 Å². The minimum atomic E-state index is -0.762. The molecule has 1 rings (SSSR count). The lowest BCUT2D eigenvalue weighted by Crippen LogP contribution is -2.45. The third-order valence-corrected chi connectivity index (χ3v) is 2.58. The van der Waals surface area contributed by atoms with Crippen LogP contribution >= 0.6 is 0 Å². The molecular weight excluding hydrogens is 250 g/mol. The van der Waals surface area contributed by atoms with Crippen LogP contribution in [0.2, 0.25) is 0 Å². The summed E-state index contributed by atoms with van der Waals surface area (Å²) >= 11 is 0. The van der Waals surface area contributed by atoms with Gasteiger partial charge < -0.3 is 14.2 Å². The van der Waals surface area contributed by atoms with Gasteiger partial charge in [-0.25, -0.2) is 4.79 Å². The second-order valence-electron chi connectivity index (χ2n) is 5.38. The normalized spacial score (nSPS) is 22.6. The van der Waals surface area contributed by atoms with E-state index in [1.165, 1.54) is 0 Å². The first-order valence-electron chi connectivity index (χ1n) is 6.33. The largest absolute Gasteiger partial charge is 0.442 e. The number of amides is 1. The molecule has 0 aromatic heterocycles. The Bertz CT molecular complexity index is 323. The molecule has 0 spiro atoms. The molecule has 0 fully saturated rings. The molecule has 6 nitrogen and oxygen atoms in total. The predicted molar refractivity (Wildman–Crippen MR) is 69.0 cm³/mol. The molecule has 19 heavy (non-hydrogen) atoms. The van der Waals surface area contributed by atoms with Gasteiger partial charge in [-0.15, -0.1) is 0 Å². The first kappa shape index (κ1) is 15.9. The number of hydrogen-bond acceptors (Lipinski definition) is 5. The van der Waals surface area contributed by atoms with Gasteiger partial charge in [0.05, 0.1) is 25.4 Å². The van der Waals surface area contributed by atoms with Crippen LogP contribution in [0.15, 0.2) is 12.2 Å². The van der Waals surface area contributed by atoms with Gasteiger partial charge in [-0.1, -0.05) is 12.2 Å². The van der Waals surface area contributed by atoms with Crippen molar-refractivity contribution in [2.75, 3.05) is 20.3 Å². The number of rotatable bonds is 5. The number of hydrogen-bond donors (Lipinski definition) is 1. The molecule has 0 saturated heterocycles. The van der Waals surface area contributed by atoms with Gasteiger partial charge in [-0.2, -0.15) is 5.06 Å². The van der Waals surface area contributed by atoms with E-state index >= 15 is 0 Å². The molecule has 6 heteroatoms. The zero-order valence-corrected chi connectivity index (χ0v) is 12.0. The van der Waals surface area contributed by atoms with E-state index in [9.17, 15) is 10.0 Å². The summed E-state index contributed by atoms with van der Waals surface area (Å²) in [5.41, 5.74) is -0.642. The van der Waals surface area contributed by atoms with Gasteiger partial charge >= 0.3 is 6.09 Å². The molecular formula is C13H23NO5. The maximum Gasteiger partial charge on any atom is 0.434 e. The summed E-state index contributed by atoms with van der Waals surface area (Å²) < 4.78 is 15.5. The Morgan fingerprint density at radius 3 is 2.68 bits per heavy atom. The van der Waals surface area contributed by atoms with Gasteiger partial charge in [-0.3, -0.25) is 5.21 Å². The highest BCUT2D eigenvalue weighted by Gasteiger charge is 2.34.